The Bertz CT molecular complexity index is 419. The zero-order chi connectivity index (χ0) is 11.4. The van der Waals surface area contributed by atoms with Gasteiger partial charge in [0, 0.05) is 16.9 Å². The highest BCUT2D eigenvalue weighted by Gasteiger charge is 2.18. The first-order chi connectivity index (χ1) is 7.86. The monoisotopic (exact) mass is 235 g/mol. The summed E-state index contributed by atoms with van der Waals surface area (Å²) in [5.41, 5.74) is 1.27. The summed E-state index contributed by atoms with van der Waals surface area (Å²) in [6, 6.07) is 6.62. The Morgan fingerprint density at radius 1 is 1.38 bits per heavy atom. The van der Waals surface area contributed by atoms with Gasteiger partial charge in [0.25, 0.3) is 0 Å². The van der Waals surface area contributed by atoms with Crippen LogP contribution in [-0.2, 0) is 6.42 Å². The van der Waals surface area contributed by atoms with Gasteiger partial charge in [-0.25, -0.2) is 0 Å². The lowest BCUT2D eigenvalue weighted by Crippen LogP contribution is -2.21. The summed E-state index contributed by atoms with van der Waals surface area (Å²) in [6.07, 6.45) is 2.72. The Balaban J connectivity index is 2.33. The molecule has 1 unspecified atom stereocenters. The molecule has 16 heavy (non-hydrogen) atoms. The molecule has 0 aromatic carbocycles. The number of hydrogen-bond donors (Lipinski definition) is 1. The van der Waals surface area contributed by atoms with E-state index in [-0.39, 0.29) is 6.04 Å². The van der Waals surface area contributed by atoms with Crippen LogP contribution in [0.3, 0.4) is 0 Å². The predicted octanol–water partition coefficient (Wildman–Crippen LogP) is 3.60. The Labute approximate surface area is 100 Å². The Kier molecular flexibility index (Phi) is 3.80. The van der Waals surface area contributed by atoms with Crippen LogP contribution in [0.15, 0.2) is 34.3 Å². The van der Waals surface area contributed by atoms with Crippen LogP contribution in [0.2, 0.25) is 0 Å². The quantitative estimate of drug-likeness (QED) is 0.856. The Hall–Kier alpha value is -1.06. The van der Waals surface area contributed by atoms with Gasteiger partial charge in [0.05, 0.1) is 12.3 Å². The highest BCUT2D eigenvalue weighted by Crippen LogP contribution is 2.29. The second-order valence-corrected chi connectivity index (χ2v) is 4.64. The van der Waals surface area contributed by atoms with E-state index < -0.39 is 0 Å². The van der Waals surface area contributed by atoms with Crippen molar-refractivity contribution < 1.29 is 4.42 Å². The number of hydrogen-bond acceptors (Lipinski definition) is 3. The van der Waals surface area contributed by atoms with Gasteiger partial charge in [-0.2, -0.15) is 0 Å². The topological polar surface area (TPSA) is 25.2 Å². The smallest absolute Gasteiger partial charge is 0.108 e. The highest BCUT2D eigenvalue weighted by molar-refractivity contribution is 7.10. The van der Waals surface area contributed by atoms with E-state index in [0.29, 0.717) is 0 Å². The average Bonchev–Trinajstić information content (AvgIpc) is 2.96. The maximum Gasteiger partial charge on any atom is 0.108 e. The first kappa shape index (κ1) is 11.4. The minimum Gasteiger partial charge on any atom is -0.469 e. The average molecular weight is 235 g/mol. The fourth-order valence-corrected chi connectivity index (χ4v) is 2.74. The van der Waals surface area contributed by atoms with Crippen molar-refractivity contribution in [1.82, 2.24) is 5.32 Å². The summed E-state index contributed by atoms with van der Waals surface area (Å²) >= 11 is 1.78. The first-order valence-electron chi connectivity index (χ1n) is 5.69. The van der Waals surface area contributed by atoms with Crippen molar-refractivity contribution in [3.63, 3.8) is 0 Å². The molecule has 2 nitrogen and oxygen atoms in total. The first-order valence-corrected chi connectivity index (χ1v) is 6.57. The molecule has 0 amide bonds. The predicted molar refractivity (Wildman–Crippen MR) is 67.9 cm³/mol. The fourth-order valence-electron chi connectivity index (χ4n) is 1.92. The van der Waals surface area contributed by atoms with E-state index in [1.165, 1.54) is 10.4 Å². The second-order valence-electron chi connectivity index (χ2n) is 3.66. The van der Waals surface area contributed by atoms with Crippen LogP contribution in [-0.4, -0.2) is 6.54 Å². The summed E-state index contributed by atoms with van der Waals surface area (Å²) < 4.78 is 5.50. The van der Waals surface area contributed by atoms with Crippen LogP contribution in [0.25, 0.3) is 0 Å². The molecule has 2 aromatic rings. The molecule has 0 aliphatic heterocycles. The molecule has 0 fully saturated rings. The van der Waals surface area contributed by atoms with E-state index >= 15 is 0 Å². The van der Waals surface area contributed by atoms with E-state index in [1.807, 2.05) is 0 Å². The Morgan fingerprint density at radius 2 is 2.25 bits per heavy atom. The summed E-state index contributed by atoms with van der Waals surface area (Å²) in [4.78, 5) is 1.35. The second kappa shape index (κ2) is 5.32. The molecule has 1 N–H and O–H groups in total. The summed E-state index contributed by atoms with van der Waals surface area (Å²) in [5.74, 6) is 1.08. The molecule has 0 saturated heterocycles. The molecule has 0 spiro atoms. The number of furan rings is 1. The van der Waals surface area contributed by atoms with Crippen molar-refractivity contribution in [2.75, 3.05) is 6.54 Å². The van der Waals surface area contributed by atoms with Gasteiger partial charge in [-0.3, -0.25) is 0 Å². The molecule has 1 atom stereocenters. The van der Waals surface area contributed by atoms with Gasteiger partial charge in [-0.05, 0) is 24.1 Å². The molecule has 0 aliphatic carbocycles. The fraction of sp³-hybridized carbons (Fsp3) is 0.385. The van der Waals surface area contributed by atoms with Crippen molar-refractivity contribution in [3.8, 4) is 0 Å². The van der Waals surface area contributed by atoms with Crippen molar-refractivity contribution >= 4 is 11.3 Å². The third kappa shape index (κ3) is 2.20. The van der Waals surface area contributed by atoms with Gasteiger partial charge in [-0.15, -0.1) is 11.3 Å². The largest absolute Gasteiger partial charge is 0.469 e. The zero-order valence-corrected chi connectivity index (χ0v) is 10.5. The molecule has 0 radical (unpaired) electrons. The molecule has 86 valence electrons. The van der Waals surface area contributed by atoms with Gasteiger partial charge in [0.1, 0.15) is 5.76 Å². The van der Waals surface area contributed by atoms with E-state index in [0.717, 1.165) is 18.7 Å². The van der Waals surface area contributed by atoms with Crippen LogP contribution in [0.1, 0.15) is 36.1 Å². The maximum absolute atomic E-state index is 5.50. The summed E-state index contributed by atoms with van der Waals surface area (Å²) in [5, 5.41) is 5.63. The van der Waals surface area contributed by atoms with E-state index in [1.54, 1.807) is 17.6 Å². The van der Waals surface area contributed by atoms with Crippen LogP contribution in [0, 0.1) is 0 Å². The normalized spacial score (nSPS) is 12.9. The molecule has 2 aromatic heterocycles. The van der Waals surface area contributed by atoms with Crippen LogP contribution < -0.4 is 5.32 Å². The van der Waals surface area contributed by atoms with E-state index in [4.69, 9.17) is 4.42 Å². The minimum atomic E-state index is 0.277. The molecular weight excluding hydrogens is 218 g/mol. The molecule has 0 aliphatic rings. The van der Waals surface area contributed by atoms with Gasteiger partial charge >= 0.3 is 0 Å². The maximum atomic E-state index is 5.50. The lowest BCUT2D eigenvalue weighted by molar-refractivity contribution is 0.503. The van der Waals surface area contributed by atoms with Gasteiger partial charge in [0.15, 0.2) is 0 Å². The van der Waals surface area contributed by atoms with Crippen molar-refractivity contribution in [2.24, 2.45) is 0 Å². The number of thiophene rings is 1. The van der Waals surface area contributed by atoms with Gasteiger partial charge in [0.2, 0.25) is 0 Å². The van der Waals surface area contributed by atoms with Crippen molar-refractivity contribution in [1.29, 1.82) is 0 Å². The molecular formula is C13H17NOS. The van der Waals surface area contributed by atoms with Crippen molar-refractivity contribution in [2.45, 2.75) is 26.3 Å². The molecule has 3 heteroatoms. The van der Waals surface area contributed by atoms with Crippen LogP contribution >= 0.6 is 11.3 Å². The van der Waals surface area contributed by atoms with Crippen molar-refractivity contribution in [3.05, 3.63) is 46.0 Å². The zero-order valence-electron chi connectivity index (χ0n) is 9.69. The van der Waals surface area contributed by atoms with Crippen LogP contribution in [0.5, 0.6) is 0 Å². The summed E-state index contributed by atoms with van der Waals surface area (Å²) in [6.45, 7) is 5.21. The lowest BCUT2D eigenvalue weighted by Gasteiger charge is -2.16. The molecule has 0 bridgehead atoms. The van der Waals surface area contributed by atoms with Crippen LogP contribution in [0.4, 0.5) is 0 Å². The SMILES string of the molecule is CCNC(c1cccs1)c1ccoc1CC. The summed E-state index contributed by atoms with van der Waals surface area (Å²) in [7, 11) is 0. The van der Waals surface area contributed by atoms with E-state index in [2.05, 4.69) is 42.7 Å². The number of rotatable bonds is 5. The van der Waals surface area contributed by atoms with Gasteiger partial charge < -0.3 is 9.73 Å². The third-order valence-corrected chi connectivity index (χ3v) is 3.59. The number of nitrogens with one attached hydrogen (secondary N) is 1. The van der Waals surface area contributed by atoms with E-state index in [9.17, 15) is 0 Å². The van der Waals surface area contributed by atoms with Gasteiger partial charge in [-0.1, -0.05) is 19.9 Å². The standard InChI is InChI=1S/C13H17NOS/c1-3-11-10(7-8-15-11)13(14-4-2)12-6-5-9-16-12/h5-9,13-14H,3-4H2,1-2H3. The molecule has 0 saturated carbocycles. The minimum absolute atomic E-state index is 0.277. The number of aryl methyl sites for hydroxylation is 1. The molecule has 2 rings (SSSR count). The molecule has 2 heterocycles. The Morgan fingerprint density at radius 3 is 2.88 bits per heavy atom. The lowest BCUT2D eigenvalue weighted by atomic mass is 10.0. The third-order valence-electron chi connectivity index (χ3n) is 2.65. The highest BCUT2D eigenvalue weighted by atomic mass is 32.1.